The molecule has 2 saturated heterocycles. The van der Waals surface area contributed by atoms with Crippen LogP contribution in [0.4, 0.5) is 0 Å². The van der Waals surface area contributed by atoms with Crippen LogP contribution in [0.3, 0.4) is 0 Å². The SMILES string of the molecule is Cc1sc2ncc(C(=O)N3CCC(N4CCNCC4)C3)c(=O)n2c1C.Cl. The van der Waals surface area contributed by atoms with E-state index >= 15 is 0 Å². The molecule has 26 heavy (non-hydrogen) atoms. The van der Waals surface area contributed by atoms with Crippen molar-refractivity contribution in [1.29, 1.82) is 0 Å². The molecule has 0 aromatic carbocycles. The van der Waals surface area contributed by atoms with Crippen LogP contribution >= 0.6 is 23.7 Å². The third-order valence-electron chi connectivity index (χ3n) is 5.37. The molecule has 4 rings (SSSR count). The lowest BCUT2D eigenvalue weighted by molar-refractivity contribution is 0.0771. The van der Waals surface area contributed by atoms with Crippen molar-refractivity contribution in [3.05, 3.63) is 32.7 Å². The van der Waals surface area contributed by atoms with Gasteiger partial charge in [0, 0.05) is 62.1 Å². The molecule has 1 unspecified atom stereocenters. The molecule has 142 valence electrons. The zero-order valence-corrected chi connectivity index (χ0v) is 16.7. The summed E-state index contributed by atoms with van der Waals surface area (Å²) in [5.41, 5.74) is 0.800. The molecule has 0 bridgehead atoms. The predicted octanol–water partition coefficient (Wildman–Crippen LogP) is 0.914. The average molecular weight is 398 g/mol. The molecule has 0 saturated carbocycles. The number of nitrogens with one attached hydrogen (secondary N) is 1. The standard InChI is InChI=1S/C17H23N5O2S.ClH/c1-11-12(2)25-17-19-9-14(16(24)22(11)17)15(23)21-6-3-13(10-21)20-7-4-18-5-8-20;/h9,13,18H,3-8,10H2,1-2H3;1H. The quantitative estimate of drug-likeness (QED) is 0.815. The molecule has 1 N–H and O–H groups in total. The van der Waals surface area contributed by atoms with Gasteiger partial charge in [-0.25, -0.2) is 4.98 Å². The number of aryl methyl sites for hydroxylation is 2. The highest BCUT2D eigenvalue weighted by atomic mass is 35.5. The van der Waals surface area contributed by atoms with Crippen LogP contribution in [0.15, 0.2) is 11.0 Å². The molecule has 2 fully saturated rings. The number of aromatic nitrogens is 2. The van der Waals surface area contributed by atoms with Gasteiger partial charge in [0.1, 0.15) is 5.56 Å². The Bertz CT molecular complexity index is 874. The third-order valence-corrected chi connectivity index (χ3v) is 6.44. The van der Waals surface area contributed by atoms with Crippen LogP contribution in [0.1, 0.15) is 27.3 Å². The second-order valence-electron chi connectivity index (χ2n) is 6.82. The minimum Gasteiger partial charge on any atom is -0.337 e. The maximum Gasteiger partial charge on any atom is 0.271 e. The van der Waals surface area contributed by atoms with Crippen molar-refractivity contribution in [1.82, 2.24) is 24.5 Å². The van der Waals surface area contributed by atoms with Crippen LogP contribution in [0.5, 0.6) is 0 Å². The van der Waals surface area contributed by atoms with Gasteiger partial charge in [-0.3, -0.25) is 18.9 Å². The van der Waals surface area contributed by atoms with E-state index in [1.165, 1.54) is 17.5 Å². The van der Waals surface area contributed by atoms with E-state index < -0.39 is 0 Å². The first-order valence-corrected chi connectivity index (χ1v) is 9.59. The molecule has 2 aliphatic heterocycles. The Kier molecular flexibility index (Phi) is 5.67. The molecule has 9 heteroatoms. The molecule has 0 spiro atoms. The molecule has 1 atom stereocenters. The molecular weight excluding hydrogens is 374 g/mol. The Labute approximate surface area is 162 Å². The fourth-order valence-corrected chi connectivity index (χ4v) is 4.69. The lowest BCUT2D eigenvalue weighted by atomic mass is 10.2. The number of nitrogens with zero attached hydrogens (tertiary/aromatic N) is 4. The number of fused-ring (bicyclic) bond motifs is 1. The smallest absolute Gasteiger partial charge is 0.271 e. The Hall–Kier alpha value is -1.48. The van der Waals surface area contributed by atoms with Gasteiger partial charge in [-0.2, -0.15) is 0 Å². The monoisotopic (exact) mass is 397 g/mol. The molecule has 2 aromatic rings. The highest BCUT2D eigenvalue weighted by Crippen LogP contribution is 2.20. The summed E-state index contributed by atoms with van der Waals surface area (Å²) in [6.45, 7) is 9.32. The van der Waals surface area contributed by atoms with Gasteiger partial charge in [0.15, 0.2) is 4.96 Å². The molecule has 1 amide bonds. The Balaban J connectivity index is 0.00000196. The molecule has 0 aliphatic carbocycles. The molecule has 0 radical (unpaired) electrons. The summed E-state index contributed by atoms with van der Waals surface area (Å²) in [5.74, 6) is -0.187. The zero-order valence-electron chi connectivity index (χ0n) is 15.0. The van der Waals surface area contributed by atoms with Crippen LogP contribution in [0, 0.1) is 13.8 Å². The summed E-state index contributed by atoms with van der Waals surface area (Å²) in [6, 6.07) is 0.399. The maximum atomic E-state index is 12.9. The highest BCUT2D eigenvalue weighted by Gasteiger charge is 2.32. The first kappa shape index (κ1) is 19.3. The fraction of sp³-hybridized carbons (Fsp3) is 0.588. The van der Waals surface area contributed by atoms with Crippen LogP contribution in [-0.4, -0.2) is 70.4 Å². The summed E-state index contributed by atoms with van der Waals surface area (Å²) in [6.07, 6.45) is 2.42. The first-order chi connectivity index (χ1) is 12.1. The Morgan fingerprint density at radius 1 is 1.27 bits per heavy atom. The van der Waals surface area contributed by atoms with E-state index in [9.17, 15) is 9.59 Å². The van der Waals surface area contributed by atoms with Crippen molar-refractivity contribution in [2.24, 2.45) is 0 Å². The number of hydrogen-bond donors (Lipinski definition) is 1. The zero-order chi connectivity index (χ0) is 17.6. The van der Waals surface area contributed by atoms with E-state index in [-0.39, 0.29) is 29.4 Å². The van der Waals surface area contributed by atoms with Gasteiger partial charge >= 0.3 is 0 Å². The van der Waals surface area contributed by atoms with Crippen molar-refractivity contribution in [3.8, 4) is 0 Å². The van der Waals surface area contributed by atoms with Crippen molar-refractivity contribution in [2.45, 2.75) is 26.3 Å². The topological polar surface area (TPSA) is 70.0 Å². The van der Waals surface area contributed by atoms with Gasteiger partial charge in [0.25, 0.3) is 11.5 Å². The van der Waals surface area contributed by atoms with Gasteiger partial charge in [0.05, 0.1) is 0 Å². The molecule has 2 aliphatic rings. The number of halogens is 1. The number of thiazole rings is 1. The first-order valence-electron chi connectivity index (χ1n) is 8.78. The van der Waals surface area contributed by atoms with Gasteiger partial charge in [-0.1, -0.05) is 0 Å². The summed E-state index contributed by atoms with van der Waals surface area (Å²) < 4.78 is 1.57. The van der Waals surface area contributed by atoms with Crippen LogP contribution in [-0.2, 0) is 0 Å². The molecule has 4 heterocycles. The van der Waals surface area contributed by atoms with Crippen LogP contribution in [0.2, 0.25) is 0 Å². The second kappa shape index (κ2) is 7.64. The summed E-state index contributed by atoms with van der Waals surface area (Å²) in [5, 5.41) is 3.36. The highest BCUT2D eigenvalue weighted by molar-refractivity contribution is 7.17. The lowest BCUT2D eigenvalue weighted by Gasteiger charge is -2.32. The number of carbonyl (C=O) groups is 1. The number of amides is 1. The van der Waals surface area contributed by atoms with E-state index in [2.05, 4.69) is 15.2 Å². The van der Waals surface area contributed by atoms with E-state index in [0.29, 0.717) is 24.1 Å². The molecule has 7 nitrogen and oxygen atoms in total. The number of likely N-dealkylation sites (tertiary alicyclic amines) is 1. The van der Waals surface area contributed by atoms with Crippen LogP contribution in [0.25, 0.3) is 4.96 Å². The molecule has 2 aromatic heterocycles. The second-order valence-corrected chi connectivity index (χ2v) is 8.00. The number of rotatable bonds is 2. The van der Waals surface area contributed by atoms with E-state index in [0.717, 1.165) is 43.2 Å². The number of piperazine rings is 1. The van der Waals surface area contributed by atoms with Gasteiger partial charge in [-0.15, -0.1) is 23.7 Å². The minimum absolute atomic E-state index is 0. The summed E-state index contributed by atoms with van der Waals surface area (Å²) in [7, 11) is 0. The van der Waals surface area contributed by atoms with Gasteiger partial charge < -0.3 is 10.2 Å². The van der Waals surface area contributed by atoms with Crippen LogP contribution < -0.4 is 10.9 Å². The Morgan fingerprint density at radius 2 is 2.00 bits per heavy atom. The van der Waals surface area contributed by atoms with E-state index in [4.69, 9.17) is 0 Å². The normalized spacial score (nSPS) is 21.2. The van der Waals surface area contributed by atoms with E-state index in [1.54, 1.807) is 4.40 Å². The van der Waals surface area contributed by atoms with Crippen molar-refractivity contribution in [2.75, 3.05) is 39.3 Å². The number of carbonyl (C=O) groups excluding carboxylic acids is 1. The van der Waals surface area contributed by atoms with Gasteiger partial charge in [-0.05, 0) is 20.3 Å². The number of hydrogen-bond acceptors (Lipinski definition) is 6. The third kappa shape index (κ3) is 3.26. The lowest BCUT2D eigenvalue weighted by Crippen LogP contribution is -2.49. The predicted molar refractivity (Wildman–Crippen MR) is 105 cm³/mol. The largest absolute Gasteiger partial charge is 0.337 e. The minimum atomic E-state index is -0.248. The maximum absolute atomic E-state index is 12.9. The Morgan fingerprint density at radius 3 is 2.73 bits per heavy atom. The summed E-state index contributed by atoms with van der Waals surface area (Å²) >= 11 is 1.48. The fourth-order valence-electron chi connectivity index (χ4n) is 3.76. The van der Waals surface area contributed by atoms with E-state index in [1.807, 2.05) is 18.7 Å². The summed E-state index contributed by atoms with van der Waals surface area (Å²) in [4.78, 5) is 36.0. The van der Waals surface area contributed by atoms with Gasteiger partial charge in [0.2, 0.25) is 0 Å². The van der Waals surface area contributed by atoms with Crippen molar-refractivity contribution >= 4 is 34.6 Å². The molecular formula is C17H24ClN5O2S. The van der Waals surface area contributed by atoms with Crippen molar-refractivity contribution < 1.29 is 4.79 Å². The average Bonchev–Trinajstić information content (AvgIpc) is 3.22. The van der Waals surface area contributed by atoms with Crippen molar-refractivity contribution in [3.63, 3.8) is 0 Å².